The Kier molecular flexibility index (Phi) is 4.54. The minimum atomic E-state index is 0.140. The number of rotatable bonds is 5. The number of hydrogen-bond donors (Lipinski definition) is 0. The van der Waals surface area contributed by atoms with Crippen LogP contribution in [0.4, 0.5) is 0 Å². The number of hydrogen-bond acceptors (Lipinski definition) is 2. The number of carbonyl (C=O) groups is 1. The van der Waals surface area contributed by atoms with Crippen molar-refractivity contribution in [2.75, 3.05) is 0 Å². The predicted octanol–water partition coefficient (Wildman–Crippen LogP) is 4.74. The molecule has 2 rings (SSSR count). The molecule has 19 heavy (non-hydrogen) atoms. The molecule has 0 aliphatic rings. The number of ketones is 1. The van der Waals surface area contributed by atoms with E-state index in [1.54, 1.807) is 11.3 Å². The third-order valence-corrected chi connectivity index (χ3v) is 4.32. The summed E-state index contributed by atoms with van der Waals surface area (Å²) in [6.07, 6.45) is 2.05. The standard InChI is InChI=1S/C17H20OS/c1-4-15-9-10-16(19-15)17(18)14-7-5-13(6-8-14)11-12(2)3/h5-10,12H,4,11H2,1-3H3. The molecule has 2 aromatic rings. The highest BCUT2D eigenvalue weighted by Crippen LogP contribution is 2.21. The first-order valence-electron chi connectivity index (χ1n) is 6.82. The van der Waals surface area contributed by atoms with Gasteiger partial charge in [0.05, 0.1) is 4.88 Å². The second-order valence-electron chi connectivity index (χ2n) is 5.24. The fourth-order valence-corrected chi connectivity index (χ4v) is 3.01. The van der Waals surface area contributed by atoms with Crippen molar-refractivity contribution in [3.63, 3.8) is 0 Å². The second kappa shape index (κ2) is 6.16. The summed E-state index contributed by atoms with van der Waals surface area (Å²) in [7, 11) is 0. The molecule has 0 amide bonds. The smallest absolute Gasteiger partial charge is 0.202 e. The molecule has 0 atom stereocenters. The lowest BCUT2D eigenvalue weighted by atomic mass is 10.0. The van der Waals surface area contributed by atoms with Crippen LogP contribution in [0, 0.1) is 5.92 Å². The van der Waals surface area contributed by atoms with Gasteiger partial charge in [0, 0.05) is 10.4 Å². The third kappa shape index (κ3) is 3.54. The lowest BCUT2D eigenvalue weighted by Gasteiger charge is -2.05. The quantitative estimate of drug-likeness (QED) is 0.718. The highest BCUT2D eigenvalue weighted by Gasteiger charge is 2.11. The van der Waals surface area contributed by atoms with Gasteiger partial charge in [0.2, 0.25) is 5.78 Å². The van der Waals surface area contributed by atoms with E-state index in [4.69, 9.17) is 0 Å². The molecule has 0 bridgehead atoms. The summed E-state index contributed by atoms with van der Waals surface area (Å²) in [6, 6.07) is 12.0. The van der Waals surface area contributed by atoms with Crippen molar-refractivity contribution in [2.45, 2.75) is 33.6 Å². The highest BCUT2D eigenvalue weighted by molar-refractivity contribution is 7.14. The molecule has 0 radical (unpaired) electrons. The van der Waals surface area contributed by atoms with Crippen molar-refractivity contribution in [1.82, 2.24) is 0 Å². The second-order valence-corrected chi connectivity index (χ2v) is 6.41. The summed E-state index contributed by atoms with van der Waals surface area (Å²) in [5, 5.41) is 0. The Balaban J connectivity index is 2.15. The first-order valence-corrected chi connectivity index (χ1v) is 7.64. The van der Waals surface area contributed by atoms with Crippen LogP contribution < -0.4 is 0 Å². The molecular weight excluding hydrogens is 252 g/mol. The summed E-state index contributed by atoms with van der Waals surface area (Å²) < 4.78 is 0. The van der Waals surface area contributed by atoms with Crippen molar-refractivity contribution in [2.24, 2.45) is 5.92 Å². The van der Waals surface area contributed by atoms with Crippen molar-refractivity contribution in [1.29, 1.82) is 0 Å². The third-order valence-electron chi connectivity index (χ3n) is 3.09. The summed E-state index contributed by atoms with van der Waals surface area (Å²) in [5.41, 5.74) is 2.09. The zero-order valence-corrected chi connectivity index (χ0v) is 12.6. The number of aryl methyl sites for hydroxylation is 1. The van der Waals surface area contributed by atoms with Crippen molar-refractivity contribution in [3.8, 4) is 0 Å². The molecular formula is C17H20OS. The summed E-state index contributed by atoms with van der Waals surface area (Å²) in [5.74, 6) is 0.784. The van der Waals surface area contributed by atoms with Crippen LogP contribution >= 0.6 is 11.3 Å². The average molecular weight is 272 g/mol. The van der Waals surface area contributed by atoms with Gasteiger partial charge in [-0.25, -0.2) is 0 Å². The summed E-state index contributed by atoms with van der Waals surface area (Å²) >= 11 is 1.60. The summed E-state index contributed by atoms with van der Waals surface area (Å²) in [4.78, 5) is 14.4. The monoisotopic (exact) mass is 272 g/mol. The van der Waals surface area contributed by atoms with E-state index in [1.165, 1.54) is 10.4 Å². The molecule has 0 unspecified atom stereocenters. The molecule has 0 aliphatic heterocycles. The number of benzene rings is 1. The van der Waals surface area contributed by atoms with E-state index in [0.717, 1.165) is 23.3 Å². The van der Waals surface area contributed by atoms with Gasteiger partial charge < -0.3 is 0 Å². The van der Waals surface area contributed by atoms with E-state index < -0.39 is 0 Å². The van der Waals surface area contributed by atoms with Crippen LogP contribution in [0.2, 0.25) is 0 Å². The van der Waals surface area contributed by atoms with Gasteiger partial charge in [-0.05, 0) is 36.5 Å². The Labute approximate surface area is 119 Å². The molecule has 100 valence electrons. The van der Waals surface area contributed by atoms with E-state index >= 15 is 0 Å². The minimum absolute atomic E-state index is 0.140. The minimum Gasteiger partial charge on any atom is -0.288 e. The molecule has 0 aliphatic carbocycles. The normalized spacial score (nSPS) is 10.9. The van der Waals surface area contributed by atoms with Crippen LogP contribution in [-0.4, -0.2) is 5.78 Å². The van der Waals surface area contributed by atoms with E-state index in [-0.39, 0.29) is 5.78 Å². The topological polar surface area (TPSA) is 17.1 Å². The molecule has 0 fully saturated rings. The average Bonchev–Trinajstić information content (AvgIpc) is 2.87. The zero-order chi connectivity index (χ0) is 13.8. The van der Waals surface area contributed by atoms with Crippen molar-refractivity contribution >= 4 is 17.1 Å². The lowest BCUT2D eigenvalue weighted by molar-refractivity contribution is 0.104. The van der Waals surface area contributed by atoms with Crippen LogP contribution in [0.25, 0.3) is 0 Å². The van der Waals surface area contributed by atoms with Crippen LogP contribution in [0.15, 0.2) is 36.4 Å². The first kappa shape index (κ1) is 14.0. The van der Waals surface area contributed by atoms with Crippen LogP contribution in [0.1, 0.15) is 46.4 Å². The SMILES string of the molecule is CCc1ccc(C(=O)c2ccc(CC(C)C)cc2)s1. The van der Waals surface area contributed by atoms with Crippen molar-refractivity contribution < 1.29 is 4.79 Å². The number of carbonyl (C=O) groups excluding carboxylic acids is 1. The van der Waals surface area contributed by atoms with E-state index in [1.807, 2.05) is 24.3 Å². The largest absolute Gasteiger partial charge is 0.288 e. The predicted molar refractivity (Wildman–Crippen MR) is 82.1 cm³/mol. The van der Waals surface area contributed by atoms with Gasteiger partial charge in [-0.1, -0.05) is 45.0 Å². The van der Waals surface area contributed by atoms with Crippen LogP contribution in [0.3, 0.4) is 0 Å². The van der Waals surface area contributed by atoms with E-state index in [0.29, 0.717) is 5.92 Å². The maximum atomic E-state index is 12.3. The molecule has 0 spiro atoms. The molecule has 1 aromatic heterocycles. The van der Waals surface area contributed by atoms with Gasteiger partial charge in [0.15, 0.2) is 0 Å². The van der Waals surface area contributed by atoms with Gasteiger partial charge in [0.1, 0.15) is 0 Å². The Morgan fingerprint density at radius 1 is 1.11 bits per heavy atom. The Morgan fingerprint density at radius 3 is 2.32 bits per heavy atom. The molecule has 1 nitrogen and oxygen atoms in total. The highest BCUT2D eigenvalue weighted by atomic mass is 32.1. The van der Waals surface area contributed by atoms with Gasteiger partial charge in [-0.2, -0.15) is 0 Å². The first-order chi connectivity index (χ1) is 9.10. The molecule has 2 heteroatoms. The fourth-order valence-electron chi connectivity index (χ4n) is 2.10. The van der Waals surface area contributed by atoms with Crippen LogP contribution in [0.5, 0.6) is 0 Å². The maximum absolute atomic E-state index is 12.3. The zero-order valence-electron chi connectivity index (χ0n) is 11.8. The Hall–Kier alpha value is -1.41. The van der Waals surface area contributed by atoms with Crippen molar-refractivity contribution in [3.05, 3.63) is 57.3 Å². The van der Waals surface area contributed by atoms with Gasteiger partial charge in [0.25, 0.3) is 0 Å². The van der Waals surface area contributed by atoms with E-state index in [2.05, 4.69) is 32.9 Å². The molecule has 1 heterocycles. The maximum Gasteiger partial charge on any atom is 0.202 e. The van der Waals surface area contributed by atoms with Gasteiger partial charge in [-0.3, -0.25) is 4.79 Å². The van der Waals surface area contributed by atoms with Gasteiger partial charge >= 0.3 is 0 Å². The van der Waals surface area contributed by atoms with E-state index in [9.17, 15) is 4.79 Å². The van der Waals surface area contributed by atoms with Crippen LogP contribution in [-0.2, 0) is 12.8 Å². The lowest BCUT2D eigenvalue weighted by Crippen LogP contribution is -2.00. The summed E-state index contributed by atoms with van der Waals surface area (Å²) in [6.45, 7) is 6.52. The Bertz CT molecular complexity index is 549. The molecule has 0 saturated heterocycles. The fraction of sp³-hybridized carbons (Fsp3) is 0.353. The van der Waals surface area contributed by atoms with Gasteiger partial charge in [-0.15, -0.1) is 11.3 Å². The molecule has 1 aromatic carbocycles. The Morgan fingerprint density at radius 2 is 1.79 bits per heavy atom. The number of thiophene rings is 1. The molecule has 0 saturated carbocycles. The molecule has 0 N–H and O–H groups in total.